The molecule has 0 spiro atoms. The van der Waals surface area contributed by atoms with E-state index in [1.54, 1.807) is 0 Å². The van der Waals surface area contributed by atoms with Gasteiger partial charge in [-0.3, -0.25) is 4.72 Å². The Labute approximate surface area is 125 Å². The highest BCUT2D eigenvalue weighted by Crippen LogP contribution is 2.30. The van der Waals surface area contributed by atoms with Crippen LogP contribution in [-0.4, -0.2) is 23.7 Å². The van der Waals surface area contributed by atoms with Crippen LogP contribution in [-0.2, 0) is 16.6 Å². The van der Waals surface area contributed by atoms with Gasteiger partial charge in [0.15, 0.2) is 5.82 Å². The number of aliphatic hydroxyl groups is 1. The van der Waals surface area contributed by atoms with E-state index in [1.165, 1.54) is 30.5 Å². The number of halogens is 2. The molecule has 1 aromatic carbocycles. The molecule has 6 nitrogen and oxygen atoms in total. The van der Waals surface area contributed by atoms with E-state index < -0.39 is 16.6 Å². The van der Waals surface area contributed by atoms with E-state index in [2.05, 4.69) is 14.9 Å². The maximum atomic E-state index is 12.2. The van der Waals surface area contributed by atoms with Crippen LogP contribution in [0.1, 0.15) is 5.56 Å². The molecule has 0 aliphatic rings. The van der Waals surface area contributed by atoms with E-state index in [0.717, 1.165) is 0 Å². The summed E-state index contributed by atoms with van der Waals surface area (Å²) >= 11 is 11.8. The van der Waals surface area contributed by atoms with E-state index in [1.807, 2.05) is 0 Å². The Hall–Kier alpha value is -1.41. The van der Waals surface area contributed by atoms with Crippen LogP contribution in [0.15, 0.2) is 35.4 Å². The zero-order valence-electron chi connectivity index (χ0n) is 9.92. The lowest BCUT2D eigenvalue weighted by Gasteiger charge is -2.11. The molecule has 0 amide bonds. The third kappa shape index (κ3) is 3.18. The fourth-order valence-corrected chi connectivity index (χ4v) is 3.40. The summed E-state index contributed by atoms with van der Waals surface area (Å²) in [5, 5.41) is 16.4. The van der Waals surface area contributed by atoms with Gasteiger partial charge in [0.2, 0.25) is 0 Å². The van der Waals surface area contributed by atoms with E-state index in [4.69, 9.17) is 28.3 Å². The molecule has 0 saturated carbocycles. The van der Waals surface area contributed by atoms with Crippen molar-refractivity contribution in [3.05, 3.63) is 46.1 Å². The largest absolute Gasteiger partial charge is 0.392 e. The van der Waals surface area contributed by atoms with Crippen LogP contribution in [0.2, 0.25) is 10.0 Å². The van der Waals surface area contributed by atoms with E-state index in [0.29, 0.717) is 0 Å². The molecule has 9 heteroatoms. The molecule has 2 aromatic rings. The summed E-state index contributed by atoms with van der Waals surface area (Å²) in [7, 11) is -3.98. The second kappa shape index (κ2) is 5.92. The summed E-state index contributed by atoms with van der Waals surface area (Å²) in [4.78, 5) is -0.235. The molecule has 2 N–H and O–H groups in total. The number of aliphatic hydroxyl groups excluding tert-OH is 1. The number of nitrogens with one attached hydrogen (secondary N) is 1. The lowest BCUT2D eigenvalue weighted by atomic mass is 10.2. The summed E-state index contributed by atoms with van der Waals surface area (Å²) in [6, 6.07) is 5.56. The normalized spacial score (nSPS) is 11.3. The number of benzene rings is 1. The lowest BCUT2D eigenvalue weighted by Crippen LogP contribution is -2.15. The average Bonchev–Trinajstić information content (AvgIpc) is 2.41. The first kappa shape index (κ1) is 15.0. The second-order valence-corrected chi connectivity index (χ2v) is 6.21. The SMILES string of the molecule is O=S(=O)(Nc1cccnn1)c1cc(Cl)cc(CO)c1Cl. The average molecular weight is 334 g/mol. The Kier molecular flexibility index (Phi) is 4.44. The minimum atomic E-state index is -3.98. The maximum absolute atomic E-state index is 12.2. The monoisotopic (exact) mass is 333 g/mol. The van der Waals surface area contributed by atoms with E-state index in [-0.39, 0.29) is 26.3 Å². The standard InChI is InChI=1S/C11H9Cl2N3O3S/c12-8-4-7(6-17)11(13)9(5-8)20(18,19)16-10-2-1-3-14-15-10/h1-5,17H,6H2,(H,15,16). The molecule has 2 rings (SSSR count). The van der Waals surface area contributed by atoms with Gasteiger partial charge >= 0.3 is 0 Å². The number of anilines is 1. The van der Waals surface area contributed by atoms with Gasteiger partial charge in [-0.1, -0.05) is 23.2 Å². The highest BCUT2D eigenvalue weighted by molar-refractivity contribution is 7.92. The molecule has 20 heavy (non-hydrogen) atoms. The van der Waals surface area contributed by atoms with Gasteiger partial charge in [0.05, 0.1) is 11.6 Å². The van der Waals surface area contributed by atoms with Gasteiger partial charge in [-0.05, 0) is 29.8 Å². The van der Waals surface area contributed by atoms with Gasteiger partial charge in [0.1, 0.15) is 4.90 Å². The molecule has 0 aliphatic heterocycles. The molecule has 106 valence electrons. The Morgan fingerprint density at radius 1 is 1.30 bits per heavy atom. The summed E-state index contributed by atoms with van der Waals surface area (Å²) in [6.45, 7) is -0.424. The summed E-state index contributed by atoms with van der Waals surface area (Å²) in [5.74, 6) is 0.0501. The van der Waals surface area contributed by atoms with Crippen molar-refractivity contribution < 1.29 is 13.5 Å². The van der Waals surface area contributed by atoms with Gasteiger partial charge in [0.25, 0.3) is 10.0 Å². The summed E-state index contributed by atoms with van der Waals surface area (Å²) in [6.07, 6.45) is 1.41. The van der Waals surface area contributed by atoms with Crippen LogP contribution < -0.4 is 4.72 Å². The maximum Gasteiger partial charge on any atom is 0.264 e. The third-order valence-corrected chi connectivity index (χ3v) is 4.51. The highest BCUT2D eigenvalue weighted by Gasteiger charge is 2.21. The van der Waals surface area contributed by atoms with Crippen LogP contribution in [0.3, 0.4) is 0 Å². The minimum Gasteiger partial charge on any atom is -0.392 e. The van der Waals surface area contributed by atoms with Crippen molar-refractivity contribution in [2.75, 3.05) is 4.72 Å². The van der Waals surface area contributed by atoms with Crippen molar-refractivity contribution in [2.45, 2.75) is 11.5 Å². The van der Waals surface area contributed by atoms with E-state index >= 15 is 0 Å². The van der Waals surface area contributed by atoms with Gasteiger partial charge in [-0.15, -0.1) is 5.10 Å². The van der Waals surface area contributed by atoms with Crippen LogP contribution in [0.4, 0.5) is 5.82 Å². The zero-order chi connectivity index (χ0) is 14.8. The van der Waals surface area contributed by atoms with Gasteiger partial charge < -0.3 is 5.11 Å². The molecule has 1 aromatic heterocycles. The molecule has 1 heterocycles. The number of nitrogens with zero attached hydrogens (tertiary/aromatic N) is 2. The zero-order valence-corrected chi connectivity index (χ0v) is 12.2. The predicted octanol–water partition coefficient (Wildman–Crippen LogP) is 2.08. The second-order valence-electron chi connectivity index (χ2n) is 3.75. The molecule has 0 fully saturated rings. The smallest absolute Gasteiger partial charge is 0.264 e. The van der Waals surface area contributed by atoms with Crippen LogP contribution >= 0.6 is 23.2 Å². The summed E-state index contributed by atoms with van der Waals surface area (Å²) < 4.78 is 26.7. The number of rotatable bonds is 4. The predicted molar refractivity (Wildman–Crippen MR) is 75.2 cm³/mol. The molecule has 0 aliphatic carbocycles. The topological polar surface area (TPSA) is 92.2 Å². The van der Waals surface area contributed by atoms with Crippen LogP contribution in [0.25, 0.3) is 0 Å². The molecule has 0 saturated heterocycles. The van der Waals surface area contributed by atoms with Gasteiger partial charge in [0, 0.05) is 11.2 Å². The van der Waals surface area contributed by atoms with Crippen LogP contribution in [0, 0.1) is 0 Å². The Bertz CT molecular complexity index is 723. The van der Waals surface area contributed by atoms with Gasteiger partial charge in [-0.25, -0.2) is 8.42 Å². The van der Waals surface area contributed by atoms with Crippen molar-refractivity contribution in [3.63, 3.8) is 0 Å². The number of sulfonamides is 1. The molecular weight excluding hydrogens is 325 g/mol. The minimum absolute atomic E-state index is 0.0501. The van der Waals surface area contributed by atoms with Crippen molar-refractivity contribution in [1.29, 1.82) is 0 Å². The highest BCUT2D eigenvalue weighted by atomic mass is 35.5. The van der Waals surface area contributed by atoms with Crippen LogP contribution in [0.5, 0.6) is 0 Å². The van der Waals surface area contributed by atoms with Crippen molar-refractivity contribution in [2.24, 2.45) is 0 Å². The Balaban J connectivity index is 2.47. The lowest BCUT2D eigenvalue weighted by molar-refractivity contribution is 0.281. The van der Waals surface area contributed by atoms with Crippen molar-refractivity contribution in [1.82, 2.24) is 10.2 Å². The first-order valence-electron chi connectivity index (χ1n) is 5.33. The Morgan fingerprint density at radius 2 is 2.05 bits per heavy atom. The quantitative estimate of drug-likeness (QED) is 0.893. The van der Waals surface area contributed by atoms with Crippen molar-refractivity contribution >= 4 is 39.0 Å². The third-order valence-electron chi connectivity index (χ3n) is 2.35. The number of hydrogen-bond donors (Lipinski definition) is 2. The number of hydrogen-bond acceptors (Lipinski definition) is 5. The molecule has 0 radical (unpaired) electrons. The fourth-order valence-electron chi connectivity index (χ4n) is 1.48. The summed E-state index contributed by atoms with van der Waals surface area (Å²) in [5.41, 5.74) is 0.221. The molecule has 0 bridgehead atoms. The van der Waals surface area contributed by atoms with Gasteiger partial charge in [-0.2, -0.15) is 5.10 Å². The fraction of sp³-hybridized carbons (Fsp3) is 0.0909. The molecular formula is C11H9Cl2N3O3S. The Morgan fingerprint density at radius 3 is 2.65 bits per heavy atom. The first-order chi connectivity index (χ1) is 9.44. The molecule has 0 unspecified atom stereocenters. The number of aromatic nitrogens is 2. The molecule has 0 atom stereocenters. The first-order valence-corrected chi connectivity index (χ1v) is 7.57. The van der Waals surface area contributed by atoms with E-state index in [9.17, 15) is 8.42 Å². The van der Waals surface area contributed by atoms with Crippen molar-refractivity contribution in [3.8, 4) is 0 Å².